The van der Waals surface area contributed by atoms with Crippen molar-refractivity contribution in [2.75, 3.05) is 7.11 Å². The van der Waals surface area contributed by atoms with Crippen molar-refractivity contribution >= 4 is 11.0 Å². The molecule has 0 aliphatic carbocycles. The Kier molecular flexibility index (Phi) is 2.63. The van der Waals surface area contributed by atoms with E-state index in [1.165, 1.54) is 0 Å². The Balaban J connectivity index is 2.21. The topological polar surface area (TPSA) is 47.3 Å². The number of methoxy groups -OCH3 is 1. The fraction of sp³-hybridized carbons (Fsp3) is 0.133. The van der Waals surface area contributed by atoms with Crippen LogP contribution in [-0.4, -0.2) is 22.0 Å². The van der Waals surface area contributed by atoms with Gasteiger partial charge in [0.2, 0.25) is 0 Å². The third-order valence-electron chi connectivity index (χ3n) is 3.11. The lowest BCUT2D eigenvalue weighted by Gasteiger charge is -2.03. The van der Waals surface area contributed by atoms with E-state index < -0.39 is 0 Å². The smallest absolute Gasteiger partial charge is 0.176 e. The van der Waals surface area contributed by atoms with Crippen molar-refractivity contribution in [3.63, 3.8) is 0 Å². The minimum absolute atomic E-state index is 0.513. The summed E-state index contributed by atoms with van der Waals surface area (Å²) >= 11 is 0. The number of aromatic nitrogens is 2. The standard InChI is InChI=1S/C15H14N2O2/c1-10-6-7-13-14(8-10)17(18)15(16-13)11-4-3-5-12(9-11)19-2/h3-9,18H,1-2H3. The minimum atomic E-state index is 0.513. The highest BCUT2D eigenvalue weighted by Gasteiger charge is 2.12. The Morgan fingerprint density at radius 2 is 2.00 bits per heavy atom. The second-order valence-electron chi connectivity index (χ2n) is 4.47. The largest absolute Gasteiger partial charge is 0.497 e. The summed E-state index contributed by atoms with van der Waals surface area (Å²) in [7, 11) is 1.62. The van der Waals surface area contributed by atoms with Crippen LogP contribution in [0, 0.1) is 6.92 Å². The Labute approximate surface area is 110 Å². The summed E-state index contributed by atoms with van der Waals surface area (Å²) in [5, 5.41) is 10.2. The van der Waals surface area contributed by atoms with Crippen LogP contribution < -0.4 is 4.74 Å². The van der Waals surface area contributed by atoms with Gasteiger partial charge in [-0.25, -0.2) is 4.98 Å². The Bertz CT molecular complexity index is 747. The lowest BCUT2D eigenvalue weighted by Crippen LogP contribution is -1.94. The van der Waals surface area contributed by atoms with E-state index >= 15 is 0 Å². The van der Waals surface area contributed by atoms with Crippen molar-refractivity contribution in [3.05, 3.63) is 48.0 Å². The van der Waals surface area contributed by atoms with Crippen LogP contribution in [0.25, 0.3) is 22.4 Å². The molecule has 19 heavy (non-hydrogen) atoms. The number of rotatable bonds is 2. The minimum Gasteiger partial charge on any atom is -0.497 e. The number of fused-ring (bicyclic) bond motifs is 1. The summed E-state index contributed by atoms with van der Waals surface area (Å²) in [6.45, 7) is 1.98. The summed E-state index contributed by atoms with van der Waals surface area (Å²) in [6.07, 6.45) is 0. The van der Waals surface area contributed by atoms with Crippen LogP contribution >= 0.6 is 0 Å². The van der Waals surface area contributed by atoms with Gasteiger partial charge in [0.1, 0.15) is 11.3 Å². The molecule has 0 aliphatic rings. The zero-order chi connectivity index (χ0) is 13.4. The van der Waals surface area contributed by atoms with Gasteiger partial charge in [-0.1, -0.05) is 18.2 Å². The lowest BCUT2D eigenvalue weighted by atomic mass is 10.2. The summed E-state index contributed by atoms with van der Waals surface area (Å²) < 4.78 is 6.31. The second kappa shape index (κ2) is 4.31. The maximum absolute atomic E-state index is 10.2. The van der Waals surface area contributed by atoms with E-state index in [4.69, 9.17) is 4.74 Å². The third-order valence-corrected chi connectivity index (χ3v) is 3.11. The number of imidazole rings is 1. The predicted octanol–water partition coefficient (Wildman–Crippen LogP) is 3.26. The van der Waals surface area contributed by atoms with Gasteiger partial charge < -0.3 is 9.94 Å². The molecule has 4 nitrogen and oxygen atoms in total. The second-order valence-corrected chi connectivity index (χ2v) is 4.47. The molecule has 1 heterocycles. The fourth-order valence-electron chi connectivity index (χ4n) is 2.12. The Hall–Kier alpha value is -2.49. The average molecular weight is 254 g/mol. The number of benzene rings is 2. The maximum Gasteiger partial charge on any atom is 0.176 e. The predicted molar refractivity (Wildman–Crippen MR) is 73.6 cm³/mol. The molecule has 0 saturated carbocycles. The molecular weight excluding hydrogens is 240 g/mol. The highest BCUT2D eigenvalue weighted by Crippen LogP contribution is 2.26. The van der Waals surface area contributed by atoms with Crippen LogP contribution in [0.15, 0.2) is 42.5 Å². The lowest BCUT2D eigenvalue weighted by molar-refractivity contribution is 0.203. The van der Waals surface area contributed by atoms with Gasteiger partial charge in [-0.05, 0) is 36.8 Å². The quantitative estimate of drug-likeness (QED) is 0.714. The van der Waals surface area contributed by atoms with E-state index in [0.717, 1.165) is 27.1 Å². The molecule has 3 aromatic rings. The van der Waals surface area contributed by atoms with Gasteiger partial charge >= 0.3 is 0 Å². The number of aryl methyl sites for hydroxylation is 1. The molecule has 2 aromatic carbocycles. The number of hydrogen-bond acceptors (Lipinski definition) is 3. The van der Waals surface area contributed by atoms with E-state index in [-0.39, 0.29) is 0 Å². The van der Waals surface area contributed by atoms with Gasteiger partial charge in [-0.15, -0.1) is 0 Å². The molecule has 0 bridgehead atoms. The van der Waals surface area contributed by atoms with Crippen LogP contribution in [0.2, 0.25) is 0 Å². The molecule has 4 heteroatoms. The van der Waals surface area contributed by atoms with Gasteiger partial charge in [0, 0.05) is 5.56 Å². The molecule has 0 unspecified atom stereocenters. The van der Waals surface area contributed by atoms with Crippen LogP contribution in [0.1, 0.15) is 5.56 Å². The first-order chi connectivity index (χ1) is 9.19. The highest BCUT2D eigenvalue weighted by molar-refractivity contribution is 5.80. The summed E-state index contributed by atoms with van der Waals surface area (Å²) in [5.41, 5.74) is 3.37. The Morgan fingerprint density at radius 1 is 1.16 bits per heavy atom. The van der Waals surface area contributed by atoms with Crippen LogP contribution in [0.3, 0.4) is 0 Å². The first-order valence-electron chi connectivity index (χ1n) is 6.02. The molecular formula is C15H14N2O2. The van der Waals surface area contributed by atoms with Crippen LogP contribution in [0.4, 0.5) is 0 Å². The van der Waals surface area contributed by atoms with E-state index in [1.54, 1.807) is 7.11 Å². The zero-order valence-electron chi connectivity index (χ0n) is 10.8. The molecule has 0 radical (unpaired) electrons. The van der Waals surface area contributed by atoms with E-state index in [1.807, 2.05) is 49.4 Å². The van der Waals surface area contributed by atoms with Crippen molar-refractivity contribution in [2.24, 2.45) is 0 Å². The first kappa shape index (κ1) is 11.6. The molecule has 0 spiro atoms. The zero-order valence-corrected chi connectivity index (χ0v) is 10.8. The molecule has 0 fully saturated rings. The summed E-state index contributed by atoms with van der Waals surface area (Å²) in [5.74, 6) is 1.25. The van der Waals surface area contributed by atoms with E-state index in [9.17, 15) is 5.21 Å². The molecule has 1 N–H and O–H groups in total. The number of ether oxygens (including phenoxy) is 1. The van der Waals surface area contributed by atoms with Crippen molar-refractivity contribution in [2.45, 2.75) is 6.92 Å². The number of hydrogen-bond donors (Lipinski definition) is 1. The molecule has 0 saturated heterocycles. The maximum atomic E-state index is 10.2. The molecule has 1 aromatic heterocycles. The van der Waals surface area contributed by atoms with Gasteiger partial charge in [0.25, 0.3) is 0 Å². The average Bonchev–Trinajstić information content (AvgIpc) is 2.76. The Morgan fingerprint density at radius 3 is 2.79 bits per heavy atom. The van der Waals surface area contributed by atoms with Gasteiger partial charge in [-0.2, -0.15) is 4.73 Å². The van der Waals surface area contributed by atoms with Crippen LogP contribution in [0.5, 0.6) is 5.75 Å². The molecule has 0 atom stereocenters. The fourth-order valence-corrected chi connectivity index (χ4v) is 2.12. The molecule has 3 rings (SSSR count). The van der Waals surface area contributed by atoms with Crippen molar-refractivity contribution in [1.82, 2.24) is 9.71 Å². The van der Waals surface area contributed by atoms with Crippen molar-refractivity contribution in [3.8, 4) is 17.1 Å². The molecule has 0 aliphatic heterocycles. The first-order valence-corrected chi connectivity index (χ1v) is 6.02. The van der Waals surface area contributed by atoms with E-state index in [2.05, 4.69) is 4.98 Å². The molecule has 0 amide bonds. The molecule has 96 valence electrons. The SMILES string of the molecule is COc1cccc(-c2nc3ccc(C)cc3n2O)c1. The number of nitrogens with zero attached hydrogens (tertiary/aromatic N) is 2. The monoisotopic (exact) mass is 254 g/mol. The van der Waals surface area contributed by atoms with E-state index in [0.29, 0.717) is 11.3 Å². The van der Waals surface area contributed by atoms with Gasteiger partial charge in [0.15, 0.2) is 5.82 Å². The van der Waals surface area contributed by atoms with Crippen molar-refractivity contribution < 1.29 is 9.94 Å². The van der Waals surface area contributed by atoms with Gasteiger partial charge in [0.05, 0.1) is 12.6 Å². The summed E-state index contributed by atoms with van der Waals surface area (Å²) in [4.78, 5) is 4.46. The van der Waals surface area contributed by atoms with Crippen LogP contribution in [-0.2, 0) is 0 Å². The highest BCUT2D eigenvalue weighted by atomic mass is 16.5. The normalized spacial score (nSPS) is 10.8. The van der Waals surface area contributed by atoms with Gasteiger partial charge in [-0.3, -0.25) is 0 Å². The summed E-state index contributed by atoms with van der Waals surface area (Å²) in [6, 6.07) is 13.3. The van der Waals surface area contributed by atoms with Crippen molar-refractivity contribution in [1.29, 1.82) is 0 Å². The third kappa shape index (κ3) is 1.91.